The number of rotatable bonds is 32. The lowest BCUT2D eigenvalue weighted by atomic mass is 10.1. The number of aliphatic imine (C=N–C) groups is 3. The third-order valence-electron chi connectivity index (χ3n) is 12.9. The molecule has 1 aromatic carbocycles. The summed E-state index contributed by atoms with van der Waals surface area (Å²) in [6.45, 7) is 32.9. The number of nitrogen functional groups attached to an aromatic ring is 2. The number of hydrogen-bond acceptors (Lipinski definition) is 24. The van der Waals surface area contributed by atoms with Crippen LogP contribution in [0, 0.1) is 0 Å². The van der Waals surface area contributed by atoms with Gasteiger partial charge in [-0.1, -0.05) is 23.7 Å². The smallest absolute Gasteiger partial charge is 0.414 e. The number of benzene rings is 1. The fraction of sp³-hybridized carbons (Fsp3) is 0.676. The van der Waals surface area contributed by atoms with Gasteiger partial charge in [-0.25, -0.2) is 38.7 Å². The highest BCUT2D eigenvalue weighted by Crippen LogP contribution is 2.19. The minimum absolute atomic E-state index is 0.0903. The average Bonchev–Trinajstić information content (AvgIpc) is 0.833. The molecule has 0 saturated heterocycles. The lowest BCUT2D eigenvalue weighted by Crippen LogP contribution is -2.49. The van der Waals surface area contributed by atoms with E-state index in [9.17, 15) is 43.2 Å². The topological polar surface area (TPSA) is 471 Å². The summed E-state index contributed by atoms with van der Waals surface area (Å²) < 4.78 is 38.6. The molecule has 0 aliphatic carbocycles. The standard InChI is InChI=1S/C68H115ClN18O16/c1-63(2,3)98-57(91)78-45(28-20-23-35-76-55(83-59(93)100-65(7,8)9)84-60(94)101-66(10,11)12)51(88)73-37-25-39-87(41-42-97-44-32-30-43(31-33-44)27-19-22-34-75-54(72)82-53(90)47-49(70)81-50(71)48(69)80-47)40-26-38-74-52(89)46(79-58(92)99-64(4,5)6)29-21-24-36-77-56(85-61(95)102-67(13,14)15)86-62(96)103-68(16,17)18/h30-33,45-46H,19-29,34-42H2,1-18H3,(H,73,88)(H,74,89)(H,78,91)(H,79,92)(H4,70,71,81)(H3,72,75,82,90)(H2,76,83,84,93,94)(H2,77,85,86,95,96)/t45-,46+. The molecular weight excluding hydrogens is 1360 g/mol. The van der Waals surface area contributed by atoms with E-state index in [0.717, 1.165) is 18.4 Å². The number of alkyl carbamates (subject to hydrolysis) is 6. The maximum atomic E-state index is 13.9. The molecule has 35 heteroatoms. The van der Waals surface area contributed by atoms with Crippen LogP contribution in [0.2, 0.25) is 5.15 Å². The Morgan fingerprint density at radius 3 is 1.22 bits per heavy atom. The summed E-state index contributed by atoms with van der Waals surface area (Å²) in [5, 5.41) is 23.3. The minimum atomic E-state index is -1.02. The molecule has 2 rings (SSSR count). The molecule has 1 aromatic heterocycles. The number of unbranched alkanes of at least 4 members (excludes halogenated alkanes) is 3. The Balaban J connectivity index is 2.27. The van der Waals surface area contributed by atoms with Crippen LogP contribution in [0.1, 0.15) is 205 Å². The molecule has 34 nitrogen and oxygen atoms in total. The van der Waals surface area contributed by atoms with Crippen molar-refractivity contribution in [2.24, 2.45) is 20.7 Å². The highest BCUT2D eigenvalue weighted by molar-refractivity contribution is 6.31. The first kappa shape index (κ1) is 89.9. The lowest BCUT2D eigenvalue weighted by Gasteiger charge is -2.25. The predicted molar refractivity (Wildman–Crippen MR) is 392 cm³/mol. The number of aromatic nitrogens is 2. The molecule has 15 N–H and O–H groups in total. The van der Waals surface area contributed by atoms with Gasteiger partial charge in [0, 0.05) is 39.3 Å². The van der Waals surface area contributed by atoms with E-state index in [1.54, 1.807) is 125 Å². The molecular formula is C68H115ClN18O16. The molecule has 580 valence electrons. The first-order valence-electron chi connectivity index (χ1n) is 34.4. The van der Waals surface area contributed by atoms with Gasteiger partial charge in [-0.2, -0.15) is 0 Å². The van der Waals surface area contributed by atoms with Crippen LogP contribution < -0.4 is 69.8 Å². The summed E-state index contributed by atoms with van der Waals surface area (Å²) >= 11 is 5.90. The summed E-state index contributed by atoms with van der Waals surface area (Å²) in [5.41, 5.74) is 13.0. The summed E-state index contributed by atoms with van der Waals surface area (Å²) in [6, 6.07) is 5.62. The van der Waals surface area contributed by atoms with Crippen LogP contribution >= 0.6 is 11.6 Å². The Bertz CT molecular complexity index is 2980. The molecule has 0 aliphatic rings. The van der Waals surface area contributed by atoms with E-state index in [4.69, 9.17) is 62.0 Å². The fourth-order valence-electron chi connectivity index (χ4n) is 8.68. The van der Waals surface area contributed by atoms with Crippen LogP contribution in [-0.2, 0) is 44.4 Å². The number of nitrogens with one attached hydrogen (secondary N) is 9. The summed E-state index contributed by atoms with van der Waals surface area (Å²) in [7, 11) is 0. The quantitative estimate of drug-likeness (QED) is 0.0143. The summed E-state index contributed by atoms with van der Waals surface area (Å²) in [4.78, 5) is 140. The van der Waals surface area contributed by atoms with Crippen molar-refractivity contribution in [3.8, 4) is 5.75 Å². The highest BCUT2D eigenvalue weighted by Gasteiger charge is 2.28. The Hall–Kier alpha value is -9.21. The normalized spacial score (nSPS) is 12.6. The second-order valence-corrected chi connectivity index (χ2v) is 30.2. The van der Waals surface area contributed by atoms with Crippen molar-refractivity contribution in [1.29, 1.82) is 0 Å². The number of ether oxygens (including phenoxy) is 7. The number of carbonyl (C=O) groups excluding carboxylic acids is 9. The first-order valence-corrected chi connectivity index (χ1v) is 34.8. The SMILES string of the molecule is CC(C)(C)OC(=O)NC(=NCCCC[C@H](NC(=O)OC(C)(C)C)C(=O)NCCCN(CCCNC(=O)[C@@H](CCCCN=C(NC(=O)OC(C)(C)C)NC(=O)OC(C)(C)C)NC(=O)OC(C)(C)C)CCOc1ccc(CCCCN=C(N)NC(=O)c2nc(Cl)c(N)nc2N)cc1)NC(=O)OC(C)(C)C. The number of nitrogens with zero attached hydrogens (tertiary/aromatic N) is 6. The first-order chi connectivity index (χ1) is 47.6. The monoisotopic (exact) mass is 1470 g/mol. The number of anilines is 2. The number of amides is 9. The molecule has 0 aliphatic heterocycles. The molecule has 0 spiro atoms. The fourth-order valence-corrected chi connectivity index (χ4v) is 8.81. The van der Waals surface area contributed by atoms with Gasteiger partial charge in [0.1, 0.15) is 58.0 Å². The predicted octanol–water partition coefficient (Wildman–Crippen LogP) is 7.99. The van der Waals surface area contributed by atoms with Crippen molar-refractivity contribution in [2.75, 3.05) is 70.4 Å². The van der Waals surface area contributed by atoms with Crippen LogP contribution in [0.4, 0.5) is 40.4 Å². The van der Waals surface area contributed by atoms with E-state index in [2.05, 4.69) is 77.7 Å². The molecule has 0 fully saturated rings. The number of halogens is 1. The zero-order valence-electron chi connectivity index (χ0n) is 63.4. The lowest BCUT2D eigenvalue weighted by molar-refractivity contribution is -0.124. The molecule has 0 bridgehead atoms. The molecule has 9 amide bonds. The molecule has 1 heterocycles. The van der Waals surface area contributed by atoms with E-state index >= 15 is 0 Å². The maximum absolute atomic E-state index is 13.9. The van der Waals surface area contributed by atoms with E-state index in [1.165, 1.54) is 0 Å². The highest BCUT2D eigenvalue weighted by atomic mass is 35.5. The van der Waals surface area contributed by atoms with Crippen LogP contribution in [-0.4, -0.2) is 192 Å². The molecule has 2 atom stereocenters. The Kier molecular flexibility index (Phi) is 37.5. The van der Waals surface area contributed by atoms with Gasteiger partial charge in [0.15, 0.2) is 28.4 Å². The van der Waals surface area contributed by atoms with Gasteiger partial charge in [0.2, 0.25) is 23.7 Å². The second-order valence-electron chi connectivity index (χ2n) is 29.8. The van der Waals surface area contributed by atoms with Gasteiger partial charge < -0.3 is 71.6 Å². The van der Waals surface area contributed by atoms with Crippen LogP contribution in [0.3, 0.4) is 0 Å². The van der Waals surface area contributed by atoms with Crippen molar-refractivity contribution in [3.63, 3.8) is 0 Å². The minimum Gasteiger partial charge on any atom is -0.492 e. The van der Waals surface area contributed by atoms with Crippen LogP contribution in [0.5, 0.6) is 5.75 Å². The summed E-state index contributed by atoms with van der Waals surface area (Å²) in [6.07, 6.45) is -0.162. The summed E-state index contributed by atoms with van der Waals surface area (Å²) in [5.74, 6) is -1.90. The van der Waals surface area contributed by atoms with Gasteiger partial charge in [0.05, 0.1) is 0 Å². The number of carbonyl (C=O) groups is 9. The molecule has 103 heavy (non-hydrogen) atoms. The van der Waals surface area contributed by atoms with E-state index in [0.29, 0.717) is 76.9 Å². The molecule has 0 unspecified atom stereocenters. The maximum Gasteiger partial charge on any atom is 0.414 e. The van der Waals surface area contributed by atoms with E-state index in [1.807, 2.05) is 24.3 Å². The number of nitrogens with two attached hydrogens (primary N) is 3. The largest absolute Gasteiger partial charge is 0.492 e. The third-order valence-corrected chi connectivity index (χ3v) is 13.1. The third kappa shape index (κ3) is 44.7. The van der Waals surface area contributed by atoms with Gasteiger partial charge >= 0.3 is 36.6 Å². The Morgan fingerprint density at radius 2 is 0.835 bits per heavy atom. The van der Waals surface area contributed by atoms with Crippen molar-refractivity contribution < 1.29 is 76.3 Å². The second kappa shape index (κ2) is 43.0. The zero-order chi connectivity index (χ0) is 77.9. The van der Waals surface area contributed by atoms with Crippen molar-refractivity contribution in [1.82, 2.24) is 62.7 Å². The van der Waals surface area contributed by atoms with Crippen LogP contribution in [0.15, 0.2) is 39.2 Å². The van der Waals surface area contributed by atoms with Crippen molar-refractivity contribution in [2.45, 2.75) is 241 Å². The van der Waals surface area contributed by atoms with E-state index in [-0.39, 0.29) is 86.0 Å². The molecule has 0 radical (unpaired) electrons. The van der Waals surface area contributed by atoms with Crippen molar-refractivity contribution in [3.05, 3.63) is 40.7 Å². The molecule has 2 aromatic rings. The Morgan fingerprint density at radius 1 is 0.466 bits per heavy atom. The number of aryl methyl sites for hydroxylation is 1. The number of guanidine groups is 3. The zero-order valence-corrected chi connectivity index (χ0v) is 64.2. The number of hydrogen-bond donors (Lipinski definition) is 12. The van der Waals surface area contributed by atoms with E-state index < -0.39 is 100.0 Å². The Labute approximate surface area is 610 Å². The average molecular weight is 1480 g/mol. The van der Waals surface area contributed by atoms with Gasteiger partial charge in [-0.05, 0) is 226 Å². The van der Waals surface area contributed by atoms with Gasteiger partial charge in [0.25, 0.3) is 5.91 Å². The van der Waals surface area contributed by atoms with Gasteiger partial charge in [-0.15, -0.1) is 0 Å². The van der Waals surface area contributed by atoms with Gasteiger partial charge in [-0.3, -0.25) is 60.8 Å². The molecule has 0 saturated carbocycles. The van der Waals surface area contributed by atoms with Crippen LogP contribution in [0.25, 0.3) is 0 Å². The van der Waals surface area contributed by atoms with Crippen molar-refractivity contribution >= 4 is 95.4 Å².